The number of carbonyl (C=O) groups is 1. The van der Waals surface area contributed by atoms with Crippen molar-refractivity contribution in [2.24, 2.45) is 0 Å². The fourth-order valence-corrected chi connectivity index (χ4v) is 1.04. The number of halogens is 2. The van der Waals surface area contributed by atoms with Gasteiger partial charge in [0, 0.05) is 5.56 Å². The third kappa shape index (κ3) is 2.30. The van der Waals surface area contributed by atoms with Gasteiger partial charge >= 0.3 is 0 Å². The number of benzene rings is 1. The predicted octanol–water partition coefficient (Wildman–Crippen LogP) is 2.69. The van der Waals surface area contributed by atoms with Gasteiger partial charge in [-0.2, -0.15) is 0 Å². The number of Topliss-reactive ketones (excluding diaryl/α,β-unsaturated/α-hetero) is 1. The molecule has 0 amide bonds. The van der Waals surface area contributed by atoms with Gasteiger partial charge in [-0.25, -0.2) is 4.39 Å². The molecule has 0 heterocycles. The Morgan fingerprint density at radius 1 is 1.62 bits per heavy atom. The molecule has 0 N–H and O–H groups in total. The van der Waals surface area contributed by atoms with Crippen LogP contribution in [-0.2, 0) is 0 Å². The van der Waals surface area contributed by atoms with E-state index in [0.29, 0.717) is 5.56 Å². The van der Waals surface area contributed by atoms with Crippen LogP contribution in [0.4, 0.5) is 4.39 Å². The van der Waals surface area contributed by atoms with Crippen LogP contribution in [-0.4, -0.2) is 5.78 Å². The van der Waals surface area contributed by atoms with E-state index in [-0.39, 0.29) is 17.2 Å². The summed E-state index contributed by atoms with van der Waals surface area (Å²) in [6.07, 6.45) is 4.96. The molecular formula is C10H6ClFO. The second kappa shape index (κ2) is 4.06. The van der Waals surface area contributed by atoms with Crippen molar-refractivity contribution >= 4 is 17.4 Å². The van der Waals surface area contributed by atoms with E-state index in [2.05, 4.69) is 5.92 Å². The average molecular weight is 197 g/mol. The summed E-state index contributed by atoms with van der Waals surface area (Å²) in [5.74, 6) is 1.44. The normalized spacial score (nSPS) is 9.31. The third-order valence-electron chi connectivity index (χ3n) is 1.50. The van der Waals surface area contributed by atoms with Crippen molar-refractivity contribution in [1.82, 2.24) is 0 Å². The fourth-order valence-electron chi connectivity index (χ4n) is 0.864. The zero-order valence-electron chi connectivity index (χ0n) is 6.68. The van der Waals surface area contributed by atoms with Gasteiger partial charge in [0.15, 0.2) is 5.78 Å². The molecule has 1 aromatic carbocycles. The van der Waals surface area contributed by atoms with E-state index in [1.54, 1.807) is 0 Å². The molecule has 1 nitrogen and oxygen atoms in total. The molecule has 1 rings (SSSR count). The molecule has 66 valence electrons. The second-order valence-electron chi connectivity index (χ2n) is 2.43. The molecule has 3 heteroatoms. The van der Waals surface area contributed by atoms with E-state index in [1.807, 2.05) is 0 Å². The molecule has 1 aromatic rings. The Balaban J connectivity index is 2.98. The highest BCUT2D eigenvalue weighted by Gasteiger charge is 2.06. The van der Waals surface area contributed by atoms with Crippen LogP contribution in [0.25, 0.3) is 0 Å². The Labute approximate surface area is 80.5 Å². The largest absolute Gasteiger partial charge is 0.293 e. The zero-order valence-corrected chi connectivity index (χ0v) is 7.44. The van der Waals surface area contributed by atoms with Crippen molar-refractivity contribution < 1.29 is 9.18 Å². The molecule has 0 aliphatic rings. The van der Waals surface area contributed by atoms with Gasteiger partial charge < -0.3 is 0 Å². The Kier molecular flexibility index (Phi) is 3.05. The van der Waals surface area contributed by atoms with Gasteiger partial charge in [-0.1, -0.05) is 17.5 Å². The lowest BCUT2D eigenvalue weighted by molar-refractivity contribution is 0.0998. The van der Waals surface area contributed by atoms with E-state index in [0.717, 1.165) is 6.07 Å². The van der Waals surface area contributed by atoms with Gasteiger partial charge in [0.2, 0.25) is 0 Å². The Morgan fingerprint density at radius 3 is 2.85 bits per heavy atom. The number of rotatable bonds is 2. The number of carbonyl (C=O) groups excluding carboxylic acids is 1. The second-order valence-corrected chi connectivity index (χ2v) is 2.84. The van der Waals surface area contributed by atoms with Gasteiger partial charge in [0.25, 0.3) is 0 Å². The minimum absolute atomic E-state index is 0.00195. The lowest BCUT2D eigenvalue weighted by Gasteiger charge is -1.98. The summed E-state index contributed by atoms with van der Waals surface area (Å²) >= 11 is 5.48. The molecule has 0 bridgehead atoms. The first-order valence-corrected chi connectivity index (χ1v) is 3.94. The van der Waals surface area contributed by atoms with E-state index in [9.17, 15) is 9.18 Å². The molecule has 13 heavy (non-hydrogen) atoms. The van der Waals surface area contributed by atoms with Crippen molar-refractivity contribution in [2.45, 2.75) is 6.42 Å². The minimum Gasteiger partial charge on any atom is -0.293 e. The van der Waals surface area contributed by atoms with Gasteiger partial charge in [-0.05, 0) is 18.2 Å². The van der Waals surface area contributed by atoms with Crippen LogP contribution in [0.15, 0.2) is 18.2 Å². The Hall–Kier alpha value is -1.33. The van der Waals surface area contributed by atoms with Crippen LogP contribution in [0.2, 0.25) is 5.02 Å². The summed E-state index contributed by atoms with van der Waals surface area (Å²) in [5.41, 5.74) is 0.337. The zero-order chi connectivity index (χ0) is 9.84. The van der Waals surface area contributed by atoms with Crippen LogP contribution in [0.1, 0.15) is 16.8 Å². The topological polar surface area (TPSA) is 17.1 Å². The Morgan fingerprint density at radius 2 is 2.31 bits per heavy atom. The smallest absolute Gasteiger partial charge is 0.174 e. The lowest BCUT2D eigenvalue weighted by atomic mass is 10.1. The molecule has 0 fully saturated rings. The molecule has 0 unspecified atom stereocenters. The quantitative estimate of drug-likeness (QED) is 0.525. The SMILES string of the molecule is C#CCC(=O)c1ccc(F)c(Cl)c1. The van der Waals surface area contributed by atoms with Gasteiger partial charge in [0.1, 0.15) is 5.82 Å². The third-order valence-corrected chi connectivity index (χ3v) is 1.79. The maximum atomic E-state index is 12.7. The summed E-state index contributed by atoms with van der Waals surface area (Å²) < 4.78 is 12.7. The molecule has 0 saturated carbocycles. The standard InChI is InChI=1S/C10H6ClFO/c1-2-3-10(13)7-4-5-9(12)8(11)6-7/h1,4-6H,3H2. The van der Waals surface area contributed by atoms with Crippen molar-refractivity contribution in [3.63, 3.8) is 0 Å². The first-order valence-electron chi connectivity index (χ1n) is 3.57. The van der Waals surface area contributed by atoms with Crippen LogP contribution in [0.3, 0.4) is 0 Å². The molecule has 0 aliphatic heterocycles. The minimum atomic E-state index is -0.543. The van der Waals surface area contributed by atoms with Crippen molar-refractivity contribution in [2.75, 3.05) is 0 Å². The first kappa shape index (κ1) is 9.76. The van der Waals surface area contributed by atoms with Crippen LogP contribution >= 0.6 is 11.6 Å². The van der Waals surface area contributed by atoms with E-state index < -0.39 is 5.82 Å². The maximum absolute atomic E-state index is 12.7. The van der Waals surface area contributed by atoms with Crippen LogP contribution in [0, 0.1) is 18.2 Å². The molecule has 0 saturated heterocycles. The average Bonchev–Trinajstić information content (AvgIpc) is 2.10. The molecular weight excluding hydrogens is 191 g/mol. The molecule has 0 atom stereocenters. The van der Waals surface area contributed by atoms with E-state index in [4.69, 9.17) is 18.0 Å². The summed E-state index contributed by atoms with van der Waals surface area (Å²) in [4.78, 5) is 11.2. The number of hydrogen-bond donors (Lipinski definition) is 0. The van der Waals surface area contributed by atoms with Crippen LogP contribution in [0.5, 0.6) is 0 Å². The summed E-state index contributed by atoms with van der Waals surface area (Å²) in [6.45, 7) is 0. The maximum Gasteiger partial charge on any atom is 0.174 e. The molecule has 0 aromatic heterocycles. The highest BCUT2D eigenvalue weighted by molar-refractivity contribution is 6.31. The number of terminal acetylenes is 1. The molecule has 0 aliphatic carbocycles. The molecule has 0 spiro atoms. The Bertz CT molecular complexity index is 379. The fraction of sp³-hybridized carbons (Fsp3) is 0.100. The van der Waals surface area contributed by atoms with Crippen molar-refractivity contribution in [3.8, 4) is 12.3 Å². The van der Waals surface area contributed by atoms with Crippen LogP contribution < -0.4 is 0 Å². The van der Waals surface area contributed by atoms with Crippen molar-refractivity contribution in [3.05, 3.63) is 34.6 Å². The lowest BCUT2D eigenvalue weighted by Crippen LogP contribution is -1.97. The summed E-state index contributed by atoms with van der Waals surface area (Å²) in [7, 11) is 0. The number of ketones is 1. The summed E-state index contributed by atoms with van der Waals surface area (Å²) in [6, 6.07) is 3.78. The molecule has 0 radical (unpaired) electrons. The van der Waals surface area contributed by atoms with Gasteiger partial charge in [-0.15, -0.1) is 6.42 Å². The highest BCUT2D eigenvalue weighted by atomic mass is 35.5. The summed E-state index contributed by atoms with van der Waals surface area (Å²) in [5, 5.41) is -0.0668. The van der Waals surface area contributed by atoms with Crippen molar-refractivity contribution in [1.29, 1.82) is 0 Å². The van der Waals surface area contributed by atoms with E-state index >= 15 is 0 Å². The number of hydrogen-bond acceptors (Lipinski definition) is 1. The monoisotopic (exact) mass is 196 g/mol. The predicted molar refractivity (Wildman–Crippen MR) is 49.2 cm³/mol. The first-order chi connectivity index (χ1) is 6.15. The van der Waals surface area contributed by atoms with Gasteiger partial charge in [0.05, 0.1) is 11.4 Å². The van der Waals surface area contributed by atoms with Gasteiger partial charge in [-0.3, -0.25) is 4.79 Å². The highest BCUT2D eigenvalue weighted by Crippen LogP contribution is 2.16. The van der Waals surface area contributed by atoms with E-state index in [1.165, 1.54) is 12.1 Å².